The van der Waals surface area contributed by atoms with Gasteiger partial charge in [0.15, 0.2) is 0 Å². The highest BCUT2D eigenvalue weighted by Crippen LogP contribution is 2.26. The molecule has 34 heavy (non-hydrogen) atoms. The number of ether oxygens (including phenoxy) is 2. The molecule has 0 bridgehead atoms. The largest absolute Gasteiger partial charge is 0.491 e. The molecule has 2 nitrogen and oxygen atoms in total. The van der Waals surface area contributed by atoms with Crippen molar-refractivity contribution >= 4 is 0 Å². The molecule has 0 aliphatic heterocycles. The van der Waals surface area contributed by atoms with E-state index in [2.05, 4.69) is 73.2 Å². The fourth-order valence-corrected chi connectivity index (χ4v) is 3.06. The summed E-state index contributed by atoms with van der Waals surface area (Å²) in [7, 11) is 1.65. The highest BCUT2D eigenvalue weighted by molar-refractivity contribution is 5.55. The van der Waals surface area contributed by atoms with Crippen LogP contribution in [-0.4, -0.2) is 20.3 Å². The Bertz CT molecular complexity index is 842. The zero-order valence-electron chi connectivity index (χ0n) is 22.8. The van der Waals surface area contributed by atoms with Crippen molar-refractivity contribution < 1.29 is 9.47 Å². The molecule has 0 aromatic carbocycles. The summed E-state index contributed by atoms with van der Waals surface area (Å²) in [6.45, 7) is 37.1. The third-order valence-electron chi connectivity index (χ3n) is 5.85. The molecular formula is C32H48O2. The predicted octanol–water partition coefficient (Wildman–Crippen LogP) is 9.25. The van der Waals surface area contributed by atoms with Gasteiger partial charge in [0.25, 0.3) is 0 Å². The molecule has 0 radical (unpaired) electrons. The molecule has 0 aliphatic carbocycles. The van der Waals surface area contributed by atoms with Crippen molar-refractivity contribution in [3.8, 4) is 0 Å². The van der Waals surface area contributed by atoms with Crippen LogP contribution in [-0.2, 0) is 9.47 Å². The molecule has 0 amide bonds. The van der Waals surface area contributed by atoms with Crippen LogP contribution >= 0.6 is 0 Å². The van der Waals surface area contributed by atoms with E-state index in [1.54, 1.807) is 7.11 Å². The molecule has 0 heterocycles. The van der Waals surface area contributed by atoms with Crippen molar-refractivity contribution in [1.29, 1.82) is 0 Å². The Kier molecular flexibility index (Phi) is 15.7. The first-order valence-electron chi connectivity index (χ1n) is 12.3. The first-order valence-corrected chi connectivity index (χ1v) is 12.3. The van der Waals surface area contributed by atoms with Crippen molar-refractivity contribution in [3.63, 3.8) is 0 Å². The third kappa shape index (κ3) is 12.0. The Morgan fingerprint density at radius 1 is 0.765 bits per heavy atom. The summed E-state index contributed by atoms with van der Waals surface area (Å²) in [6.07, 6.45) is 12.0. The molecule has 1 atom stereocenters. The number of allylic oxidation sites excluding steroid dienone is 11. The maximum atomic E-state index is 5.84. The van der Waals surface area contributed by atoms with Crippen molar-refractivity contribution in [2.45, 2.75) is 60.3 Å². The molecule has 0 rings (SSSR count). The number of methoxy groups -OCH3 is 1. The monoisotopic (exact) mass is 464 g/mol. The van der Waals surface area contributed by atoms with Gasteiger partial charge in [-0.2, -0.15) is 0 Å². The number of hydrogen-bond donors (Lipinski definition) is 0. The molecule has 0 aromatic heterocycles. The van der Waals surface area contributed by atoms with Gasteiger partial charge in [-0.1, -0.05) is 104 Å². The zero-order valence-corrected chi connectivity index (χ0v) is 22.8. The van der Waals surface area contributed by atoms with Gasteiger partial charge >= 0.3 is 0 Å². The average Bonchev–Trinajstić information content (AvgIpc) is 2.81. The van der Waals surface area contributed by atoms with Crippen LogP contribution in [0.15, 0.2) is 109 Å². The first-order chi connectivity index (χ1) is 16.0. The second-order valence-electron chi connectivity index (χ2n) is 9.16. The lowest BCUT2D eigenvalue weighted by Gasteiger charge is -2.15. The van der Waals surface area contributed by atoms with Gasteiger partial charge in [0.05, 0.1) is 6.61 Å². The molecule has 2 heteroatoms. The minimum atomic E-state index is 0.453. The van der Waals surface area contributed by atoms with E-state index in [1.165, 1.54) is 6.42 Å². The minimum Gasteiger partial charge on any atom is -0.491 e. The molecule has 0 saturated heterocycles. The van der Waals surface area contributed by atoms with Gasteiger partial charge in [0, 0.05) is 7.11 Å². The molecule has 0 saturated carbocycles. The zero-order chi connectivity index (χ0) is 26.3. The maximum absolute atomic E-state index is 5.84. The summed E-state index contributed by atoms with van der Waals surface area (Å²) in [5.41, 5.74) is 6.46. The van der Waals surface area contributed by atoms with E-state index in [1.807, 2.05) is 25.2 Å². The second kappa shape index (κ2) is 16.9. The summed E-state index contributed by atoms with van der Waals surface area (Å²) >= 11 is 0. The lowest BCUT2D eigenvalue weighted by atomic mass is 9.91. The van der Waals surface area contributed by atoms with Gasteiger partial charge in [-0.15, -0.1) is 0 Å². The SMILES string of the molecule is C=C(/C=C(/CC)C(=C)C(=C)/C=C\C(=C)C(C)CCC(C)C)C(=C)/C=C(/OCCOC)C(=C)CC. The van der Waals surface area contributed by atoms with E-state index in [4.69, 9.17) is 9.47 Å². The van der Waals surface area contributed by atoms with Crippen molar-refractivity contribution in [2.24, 2.45) is 11.8 Å². The first kappa shape index (κ1) is 31.4. The van der Waals surface area contributed by atoms with Crippen LogP contribution in [0.5, 0.6) is 0 Å². The summed E-state index contributed by atoms with van der Waals surface area (Å²) in [5.74, 6) is 1.87. The van der Waals surface area contributed by atoms with E-state index in [0.29, 0.717) is 30.8 Å². The van der Waals surface area contributed by atoms with Crippen molar-refractivity contribution in [3.05, 3.63) is 109 Å². The predicted molar refractivity (Wildman–Crippen MR) is 152 cm³/mol. The van der Waals surface area contributed by atoms with Crippen molar-refractivity contribution in [1.82, 2.24) is 0 Å². The van der Waals surface area contributed by atoms with E-state index in [-0.39, 0.29) is 0 Å². The van der Waals surface area contributed by atoms with Crippen LogP contribution in [0.4, 0.5) is 0 Å². The van der Waals surface area contributed by atoms with Gasteiger partial charge in [0.1, 0.15) is 12.4 Å². The van der Waals surface area contributed by atoms with Gasteiger partial charge < -0.3 is 9.47 Å². The minimum absolute atomic E-state index is 0.453. The molecule has 0 fully saturated rings. The van der Waals surface area contributed by atoms with Crippen LogP contribution in [0.3, 0.4) is 0 Å². The molecule has 0 spiro atoms. The third-order valence-corrected chi connectivity index (χ3v) is 5.85. The maximum Gasteiger partial charge on any atom is 0.122 e. The molecule has 1 unspecified atom stereocenters. The van der Waals surface area contributed by atoms with Gasteiger partial charge in [-0.25, -0.2) is 0 Å². The summed E-state index contributed by atoms with van der Waals surface area (Å²) in [6, 6.07) is 0. The van der Waals surface area contributed by atoms with Gasteiger partial charge in [-0.3, -0.25) is 0 Å². The lowest BCUT2D eigenvalue weighted by molar-refractivity contribution is 0.112. The highest BCUT2D eigenvalue weighted by Gasteiger charge is 2.09. The Morgan fingerprint density at radius 2 is 1.38 bits per heavy atom. The molecule has 188 valence electrons. The van der Waals surface area contributed by atoms with E-state index >= 15 is 0 Å². The summed E-state index contributed by atoms with van der Waals surface area (Å²) in [5, 5.41) is 0. The quantitative estimate of drug-likeness (QED) is 0.114. The van der Waals surface area contributed by atoms with Crippen LogP contribution < -0.4 is 0 Å². The van der Waals surface area contributed by atoms with E-state index in [0.717, 1.165) is 58.3 Å². The smallest absolute Gasteiger partial charge is 0.122 e. The topological polar surface area (TPSA) is 18.5 Å². The Balaban J connectivity index is 5.38. The van der Waals surface area contributed by atoms with Crippen LogP contribution in [0.25, 0.3) is 0 Å². The normalized spacial score (nSPS) is 13.1. The summed E-state index contributed by atoms with van der Waals surface area (Å²) < 4.78 is 10.9. The van der Waals surface area contributed by atoms with Crippen LogP contribution in [0.2, 0.25) is 0 Å². The van der Waals surface area contributed by atoms with E-state index in [9.17, 15) is 0 Å². The van der Waals surface area contributed by atoms with Gasteiger partial charge in [-0.05, 0) is 70.6 Å². The Labute approximate surface area is 210 Å². The van der Waals surface area contributed by atoms with Crippen molar-refractivity contribution in [2.75, 3.05) is 20.3 Å². The fourth-order valence-electron chi connectivity index (χ4n) is 3.06. The Morgan fingerprint density at radius 3 is 1.91 bits per heavy atom. The average molecular weight is 465 g/mol. The van der Waals surface area contributed by atoms with Crippen LogP contribution in [0.1, 0.15) is 60.3 Å². The number of hydrogen-bond acceptors (Lipinski definition) is 2. The van der Waals surface area contributed by atoms with E-state index < -0.39 is 0 Å². The lowest BCUT2D eigenvalue weighted by Crippen LogP contribution is -2.03. The second-order valence-corrected chi connectivity index (χ2v) is 9.16. The van der Waals surface area contributed by atoms with Gasteiger partial charge in [0.2, 0.25) is 0 Å². The number of rotatable bonds is 18. The van der Waals surface area contributed by atoms with Crippen LogP contribution in [0, 0.1) is 11.8 Å². The molecule has 0 aliphatic rings. The molecule has 0 aromatic rings. The standard InChI is InChI=1S/C32H48O2/c1-13-24(5)32(34-20-19-33-12)22-29(10)28(9)21-31(14-2)30(11)27(8)18-17-26(7)25(6)16-15-23(3)4/h17-18,21-23,25H,5,7-11,13-16,19-20H2,1-4,6,12H3/b18-17-,31-21-,32-22+. The fraction of sp³-hybridized carbons (Fsp3) is 0.438. The molecule has 0 N–H and O–H groups in total. The Hall–Kier alpha value is -2.58. The summed E-state index contributed by atoms with van der Waals surface area (Å²) in [4.78, 5) is 0. The highest BCUT2D eigenvalue weighted by atomic mass is 16.5. The molecular weight excluding hydrogens is 416 g/mol.